The second-order valence-electron chi connectivity index (χ2n) is 2.77. The second kappa shape index (κ2) is 6.90. The van der Waals surface area contributed by atoms with Crippen LogP contribution in [0.2, 0.25) is 0 Å². The van der Waals surface area contributed by atoms with Crippen molar-refractivity contribution in [2.75, 3.05) is 32.2 Å². The van der Waals surface area contributed by atoms with Crippen LogP contribution in [0.25, 0.3) is 0 Å². The van der Waals surface area contributed by atoms with Gasteiger partial charge in [0.1, 0.15) is 13.2 Å². The van der Waals surface area contributed by atoms with E-state index in [1.807, 2.05) is 0 Å². The Kier molecular flexibility index (Phi) is 6.67. The van der Waals surface area contributed by atoms with E-state index in [0.717, 1.165) is 0 Å². The molecule has 0 heterocycles. The van der Waals surface area contributed by atoms with Crippen molar-refractivity contribution < 1.29 is 22.7 Å². The Balaban J connectivity index is 3.81. The van der Waals surface area contributed by atoms with Crippen molar-refractivity contribution in [1.82, 2.24) is 4.90 Å². The number of rotatable bonds is 6. The summed E-state index contributed by atoms with van der Waals surface area (Å²) in [5.41, 5.74) is 0. The van der Waals surface area contributed by atoms with Crippen molar-refractivity contribution in [1.29, 1.82) is 0 Å². The number of nitrogens with zero attached hydrogens (tertiary/aromatic N) is 1. The summed E-state index contributed by atoms with van der Waals surface area (Å²) in [5, 5.41) is 0. The van der Waals surface area contributed by atoms with E-state index in [0.29, 0.717) is 13.1 Å². The van der Waals surface area contributed by atoms with Crippen LogP contribution in [0.5, 0.6) is 0 Å². The van der Waals surface area contributed by atoms with Gasteiger partial charge in [0, 0.05) is 19.0 Å². The van der Waals surface area contributed by atoms with Gasteiger partial charge in [0.15, 0.2) is 0 Å². The maximum atomic E-state index is 11.7. The van der Waals surface area contributed by atoms with E-state index < -0.39 is 25.3 Å². The number of alkyl halides is 4. The van der Waals surface area contributed by atoms with Gasteiger partial charge in [-0.05, 0) is 6.92 Å². The summed E-state index contributed by atoms with van der Waals surface area (Å²) in [6.07, 6.45) is -4.40. The minimum atomic E-state index is -4.40. The molecule has 0 unspecified atom stereocenters. The minimum Gasteiger partial charge on any atom is -0.362 e. The van der Waals surface area contributed by atoms with Gasteiger partial charge in [0.25, 0.3) is 0 Å². The average molecular weight is 248 g/mol. The first-order chi connectivity index (χ1) is 6.90. The third kappa shape index (κ3) is 7.44. The number of hydrogen-bond acceptors (Lipinski definition) is 2. The Labute approximate surface area is 91.1 Å². The van der Waals surface area contributed by atoms with E-state index in [1.54, 1.807) is 6.92 Å². The summed E-state index contributed by atoms with van der Waals surface area (Å²) in [5.74, 6) is -0.235. The Morgan fingerprint density at radius 1 is 1.47 bits per heavy atom. The van der Waals surface area contributed by atoms with E-state index in [2.05, 4.69) is 4.74 Å². The van der Waals surface area contributed by atoms with Crippen LogP contribution < -0.4 is 0 Å². The third-order valence-corrected chi connectivity index (χ3v) is 1.75. The molecule has 0 aliphatic carbocycles. The molecular formula is C8H13ClF3NO2. The van der Waals surface area contributed by atoms with E-state index in [4.69, 9.17) is 11.6 Å². The quantitative estimate of drug-likeness (QED) is 0.668. The largest absolute Gasteiger partial charge is 0.411 e. The van der Waals surface area contributed by atoms with Gasteiger partial charge in [0.2, 0.25) is 5.91 Å². The molecule has 0 aliphatic rings. The molecule has 0 saturated heterocycles. The zero-order chi connectivity index (χ0) is 11.9. The van der Waals surface area contributed by atoms with Crippen molar-refractivity contribution in [3.8, 4) is 0 Å². The predicted molar refractivity (Wildman–Crippen MR) is 49.8 cm³/mol. The fourth-order valence-electron chi connectivity index (χ4n) is 0.907. The van der Waals surface area contributed by atoms with E-state index in [9.17, 15) is 18.0 Å². The number of amides is 1. The first-order valence-electron chi connectivity index (χ1n) is 4.39. The summed E-state index contributed by atoms with van der Waals surface area (Å²) in [4.78, 5) is 12.6. The van der Waals surface area contributed by atoms with E-state index >= 15 is 0 Å². The van der Waals surface area contributed by atoms with Gasteiger partial charge in [-0.15, -0.1) is 11.6 Å². The highest BCUT2D eigenvalue weighted by molar-refractivity contribution is 6.18. The fourth-order valence-corrected chi connectivity index (χ4v) is 1.11. The minimum absolute atomic E-state index is 0.249. The van der Waals surface area contributed by atoms with Crippen LogP contribution in [-0.2, 0) is 9.53 Å². The van der Waals surface area contributed by atoms with Gasteiger partial charge < -0.3 is 9.64 Å². The van der Waals surface area contributed by atoms with Gasteiger partial charge in [-0.25, -0.2) is 0 Å². The Hall–Kier alpha value is -0.490. The van der Waals surface area contributed by atoms with Crippen LogP contribution in [0.3, 0.4) is 0 Å². The van der Waals surface area contributed by atoms with Crippen molar-refractivity contribution in [3.63, 3.8) is 0 Å². The van der Waals surface area contributed by atoms with Crippen molar-refractivity contribution in [2.24, 2.45) is 0 Å². The molecule has 90 valence electrons. The van der Waals surface area contributed by atoms with Gasteiger partial charge in [-0.1, -0.05) is 0 Å². The van der Waals surface area contributed by atoms with Gasteiger partial charge in [-0.3, -0.25) is 4.79 Å². The molecular weight excluding hydrogens is 235 g/mol. The second-order valence-corrected chi connectivity index (χ2v) is 3.15. The first kappa shape index (κ1) is 14.5. The SMILES string of the molecule is CCN(CCCl)C(=O)COCC(F)(F)F. The molecule has 0 aromatic carbocycles. The lowest BCUT2D eigenvalue weighted by Gasteiger charge is -2.19. The molecule has 0 rings (SSSR count). The van der Waals surface area contributed by atoms with Crippen LogP contribution in [0, 0.1) is 0 Å². The maximum absolute atomic E-state index is 11.7. The Bertz CT molecular complexity index is 199. The zero-order valence-corrected chi connectivity index (χ0v) is 9.07. The highest BCUT2D eigenvalue weighted by Gasteiger charge is 2.28. The van der Waals surface area contributed by atoms with Gasteiger partial charge in [-0.2, -0.15) is 13.2 Å². The molecule has 0 fully saturated rings. The fraction of sp³-hybridized carbons (Fsp3) is 0.875. The van der Waals surface area contributed by atoms with Crippen LogP contribution >= 0.6 is 11.6 Å². The van der Waals surface area contributed by atoms with Gasteiger partial charge in [0.05, 0.1) is 0 Å². The Morgan fingerprint density at radius 3 is 2.47 bits per heavy atom. The molecule has 0 aliphatic heterocycles. The summed E-state index contributed by atoms with van der Waals surface area (Å²) >= 11 is 5.41. The van der Waals surface area contributed by atoms with Crippen LogP contribution in [0.1, 0.15) is 6.92 Å². The maximum Gasteiger partial charge on any atom is 0.411 e. The lowest BCUT2D eigenvalue weighted by molar-refractivity contribution is -0.177. The van der Waals surface area contributed by atoms with Crippen LogP contribution in [-0.4, -0.2) is 49.2 Å². The normalized spacial score (nSPS) is 11.5. The number of hydrogen-bond donors (Lipinski definition) is 0. The molecule has 0 aromatic rings. The standard InChI is InChI=1S/C8H13ClF3NO2/c1-2-13(4-3-9)7(14)5-15-6-8(10,11)12/h2-6H2,1H3. The molecule has 0 aromatic heterocycles. The van der Waals surface area contributed by atoms with Gasteiger partial charge >= 0.3 is 6.18 Å². The van der Waals surface area contributed by atoms with E-state index in [1.165, 1.54) is 4.90 Å². The zero-order valence-electron chi connectivity index (χ0n) is 8.31. The molecule has 0 N–H and O–H groups in total. The molecule has 0 atom stereocenters. The highest BCUT2D eigenvalue weighted by atomic mass is 35.5. The molecule has 15 heavy (non-hydrogen) atoms. The monoisotopic (exact) mass is 247 g/mol. The molecule has 1 amide bonds. The molecule has 0 saturated carbocycles. The lowest BCUT2D eigenvalue weighted by atomic mass is 10.4. The summed E-state index contributed by atoms with van der Waals surface area (Å²) in [6, 6.07) is 0. The van der Waals surface area contributed by atoms with Crippen molar-refractivity contribution >= 4 is 17.5 Å². The number of carbonyl (C=O) groups is 1. The number of halogens is 4. The van der Waals surface area contributed by atoms with E-state index in [-0.39, 0.29) is 5.88 Å². The average Bonchev–Trinajstić information content (AvgIpc) is 2.11. The summed E-state index contributed by atoms with van der Waals surface area (Å²) < 4.78 is 39.2. The molecule has 3 nitrogen and oxygen atoms in total. The number of carbonyl (C=O) groups excluding carboxylic acids is 1. The molecule has 7 heteroatoms. The molecule has 0 bridgehead atoms. The predicted octanol–water partition coefficient (Wildman–Crippen LogP) is 1.65. The number of likely N-dealkylation sites (N-methyl/N-ethyl adjacent to an activating group) is 1. The third-order valence-electron chi connectivity index (χ3n) is 1.58. The smallest absolute Gasteiger partial charge is 0.362 e. The molecule has 0 radical (unpaired) electrons. The molecule has 0 spiro atoms. The first-order valence-corrected chi connectivity index (χ1v) is 4.92. The summed E-state index contributed by atoms with van der Waals surface area (Å²) in [7, 11) is 0. The summed E-state index contributed by atoms with van der Waals surface area (Å²) in [6.45, 7) is 0.461. The van der Waals surface area contributed by atoms with Crippen molar-refractivity contribution in [3.05, 3.63) is 0 Å². The van der Waals surface area contributed by atoms with Crippen molar-refractivity contribution in [2.45, 2.75) is 13.1 Å². The Morgan fingerprint density at radius 2 is 2.07 bits per heavy atom. The highest BCUT2D eigenvalue weighted by Crippen LogP contribution is 2.14. The number of ether oxygens (including phenoxy) is 1. The lowest BCUT2D eigenvalue weighted by Crippen LogP contribution is -2.36. The van der Waals surface area contributed by atoms with Crippen LogP contribution in [0.15, 0.2) is 0 Å². The topological polar surface area (TPSA) is 29.5 Å². The van der Waals surface area contributed by atoms with Crippen LogP contribution in [0.4, 0.5) is 13.2 Å².